The normalized spacial score (nSPS) is 15.9. The molecule has 9 nitrogen and oxygen atoms in total. The summed E-state index contributed by atoms with van der Waals surface area (Å²) >= 11 is 0. The second-order valence-corrected chi connectivity index (χ2v) is 8.28. The van der Waals surface area contributed by atoms with Crippen LogP contribution in [0.5, 0.6) is 0 Å². The number of rotatable bonds is 7. The molecular formula is C22H31N3O6. The quantitative estimate of drug-likeness (QED) is 0.650. The summed E-state index contributed by atoms with van der Waals surface area (Å²) in [4.78, 5) is 52.5. The smallest absolute Gasteiger partial charge is 0.407 e. The number of esters is 1. The number of alkyl carbamates (subject to hydrolysis) is 1. The first-order chi connectivity index (χ1) is 14.6. The minimum atomic E-state index is -0.631. The zero-order valence-corrected chi connectivity index (χ0v) is 18.6. The van der Waals surface area contributed by atoms with Crippen LogP contribution in [0.4, 0.5) is 10.5 Å². The summed E-state index contributed by atoms with van der Waals surface area (Å²) in [6.07, 6.45) is 0.676. The van der Waals surface area contributed by atoms with Crippen LogP contribution in [0.2, 0.25) is 0 Å². The van der Waals surface area contributed by atoms with Gasteiger partial charge in [0, 0.05) is 19.6 Å². The fraction of sp³-hybridized carbons (Fsp3) is 0.545. The Hall–Kier alpha value is -3.10. The highest BCUT2D eigenvalue weighted by Gasteiger charge is 2.35. The van der Waals surface area contributed by atoms with Gasteiger partial charge in [-0.25, -0.2) is 9.59 Å². The van der Waals surface area contributed by atoms with Crippen LogP contribution in [0.1, 0.15) is 33.6 Å². The summed E-state index contributed by atoms with van der Waals surface area (Å²) in [6.45, 7) is 6.01. The van der Waals surface area contributed by atoms with E-state index >= 15 is 0 Å². The molecule has 2 rings (SSSR count). The number of likely N-dealkylation sites (tertiary alicyclic amines) is 1. The summed E-state index contributed by atoms with van der Waals surface area (Å²) < 4.78 is 10.0. The molecule has 1 aliphatic heterocycles. The van der Waals surface area contributed by atoms with Crippen LogP contribution in [0.3, 0.4) is 0 Å². The average molecular weight is 434 g/mol. The second-order valence-electron chi connectivity index (χ2n) is 8.28. The number of carbonyl (C=O) groups is 3. The number of ether oxygens (including phenoxy) is 2. The Balaban J connectivity index is 2.14. The van der Waals surface area contributed by atoms with E-state index in [-0.39, 0.29) is 31.0 Å². The van der Waals surface area contributed by atoms with Gasteiger partial charge in [0.25, 0.3) is 0 Å². The third-order valence-corrected chi connectivity index (χ3v) is 4.74. The second kappa shape index (κ2) is 10.8. The summed E-state index contributed by atoms with van der Waals surface area (Å²) in [5, 5.41) is 2.64. The number of nitrogens with one attached hydrogen (secondary N) is 1. The van der Waals surface area contributed by atoms with Gasteiger partial charge in [-0.1, -0.05) is 18.2 Å². The topological polar surface area (TPSA) is 105 Å². The zero-order chi connectivity index (χ0) is 23.0. The van der Waals surface area contributed by atoms with Gasteiger partial charge in [-0.3, -0.25) is 9.59 Å². The lowest BCUT2D eigenvalue weighted by Crippen LogP contribution is -2.48. The van der Waals surface area contributed by atoms with E-state index in [2.05, 4.69) is 5.32 Å². The first kappa shape index (κ1) is 24.2. The van der Waals surface area contributed by atoms with E-state index in [9.17, 15) is 19.2 Å². The molecule has 0 unspecified atom stereocenters. The predicted octanol–water partition coefficient (Wildman–Crippen LogP) is 1.54. The van der Waals surface area contributed by atoms with Crippen molar-refractivity contribution in [3.8, 4) is 0 Å². The molecule has 9 heteroatoms. The number of hydrogen-bond donors (Lipinski definition) is 1. The van der Waals surface area contributed by atoms with E-state index in [1.165, 1.54) is 18.1 Å². The number of amides is 2. The highest BCUT2D eigenvalue weighted by molar-refractivity contribution is 5.87. The van der Waals surface area contributed by atoms with Crippen LogP contribution < -0.4 is 15.6 Å². The number of carbonyl (C=O) groups excluding carboxylic acids is 3. The molecule has 0 spiro atoms. The van der Waals surface area contributed by atoms with E-state index in [1.807, 2.05) is 0 Å². The van der Waals surface area contributed by atoms with E-state index in [0.29, 0.717) is 25.1 Å². The SMILES string of the molecule is COC(=O)[C@@H]1CCCN1C(=O)CN(CCNC(=O)OC(C)(C)C)c1cccccc1=O. The molecular weight excluding hydrogens is 402 g/mol. The fourth-order valence-electron chi connectivity index (χ4n) is 3.37. The van der Waals surface area contributed by atoms with Gasteiger partial charge in [0.15, 0.2) is 0 Å². The maximum absolute atomic E-state index is 13.0. The van der Waals surface area contributed by atoms with Crippen LogP contribution in [0, 0.1) is 0 Å². The molecule has 0 bridgehead atoms. The van der Waals surface area contributed by atoms with Crippen LogP contribution in [0.25, 0.3) is 0 Å². The van der Waals surface area contributed by atoms with E-state index in [4.69, 9.17) is 9.47 Å². The molecule has 170 valence electrons. The molecule has 1 heterocycles. The van der Waals surface area contributed by atoms with Crippen molar-refractivity contribution in [2.45, 2.75) is 45.3 Å². The lowest BCUT2D eigenvalue weighted by molar-refractivity contribution is -0.150. The van der Waals surface area contributed by atoms with E-state index in [0.717, 1.165) is 0 Å². The van der Waals surface area contributed by atoms with Gasteiger partial charge in [-0.05, 0) is 45.7 Å². The van der Waals surface area contributed by atoms with Crippen molar-refractivity contribution >= 4 is 23.7 Å². The van der Waals surface area contributed by atoms with Crippen molar-refractivity contribution < 1.29 is 23.9 Å². The average Bonchev–Trinajstić information content (AvgIpc) is 3.08. The third-order valence-electron chi connectivity index (χ3n) is 4.74. The Morgan fingerprint density at radius 2 is 1.90 bits per heavy atom. The van der Waals surface area contributed by atoms with Gasteiger partial charge in [0.05, 0.1) is 19.3 Å². The monoisotopic (exact) mass is 433 g/mol. The molecule has 1 aromatic rings. The van der Waals surface area contributed by atoms with Gasteiger partial charge >= 0.3 is 12.1 Å². The molecule has 1 N–H and O–H groups in total. The molecule has 1 aliphatic rings. The van der Waals surface area contributed by atoms with Crippen molar-refractivity contribution in [3.05, 3.63) is 40.6 Å². The van der Waals surface area contributed by atoms with E-state index < -0.39 is 23.7 Å². The Morgan fingerprint density at radius 3 is 2.58 bits per heavy atom. The van der Waals surface area contributed by atoms with Gasteiger partial charge < -0.3 is 24.6 Å². The number of methoxy groups -OCH3 is 1. The van der Waals surface area contributed by atoms with Gasteiger partial charge in [-0.15, -0.1) is 0 Å². The molecule has 0 saturated carbocycles. The Bertz CT molecular complexity index is 852. The Labute approximate surface area is 182 Å². The molecule has 0 aliphatic carbocycles. The largest absolute Gasteiger partial charge is 0.467 e. The maximum Gasteiger partial charge on any atom is 0.407 e. The van der Waals surface area contributed by atoms with Crippen LogP contribution in [0.15, 0.2) is 35.1 Å². The molecule has 31 heavy (non-hydrogen) atoms. The van der Waals surface area contributed by atoms with Crippen LogP contribution in [-0.4, -0.2) is 67.8 Å². The van der Waals surface area contributed by atoms with Crippen molar-refractivity contribution in [1.82, 2.24) is 10.2 Å². The fourth-order valence-corrected chi connectivity index (χ4v) is 3.37. The van der Waals surface area contributed by atoms with Gasteiger partial charge in [0.1, 0.15) is 11.6 Å². The highest BCUT2D eigenvalue weighted by Crippen LogP contribution is 2.19. The van der Waals surface area contributed by atoms with Crippen molar-refractivity contribution in [2.24, 2.45) is 0 Å². The van der Waals surface area contributed by atoms with Gasteiger partial charge in [0.2, 0.25) is 11.3 Å². The number of nitrogens with zero attached hydrogens (tertiary/aromatic N) is 2. The highest BCUT2D eigenvalue weighted by atomic mass is 16.6. The minimum absolute atomic E-state index is 0.108. The maximum atomic E-state index is 13.0. The summed E-state index contributed by atoms with van der Waals surface area (Å²) in [5.41, 5.74) is -0.549. The lowest BCUT2D eigenvalue weighted by atomic mass is 10.2. The van der Waals surface area contributed by atoms with Gasteiger partial charge in [-0.2, -0.15) is 0 Å². The van der Waals surface area contributed by atoms with Crippen LogP contribution in [-0.2, 0) is 19.1 Å². The Morgan fingerprint density at radius 1 is 1.19 bits per heavy atom. The standard InChI is InChI=1S/C22H31N3O6/c1-22(2,3)31-21(29)23-12-14-24(16-9-6-5-7-11-18(16)26)15-19(27)25-13-8-10-17(25)20(28)30-4/h5-7,9,11,17H,8,10,12-15H2,1-4H3,(H,23,29)/t17-/m0/s1. The minimum Gasteiger partial charge on any atom is -0.467 e. The Kier molecular flexibility index (Phi) is 8.41. The molecule has 0 radical (unpaired) electrons. The molecule has 1 atom stereocenters. The van der Waals surface area contributed by atoms with Crippen molar-refractivity contribution in [1.29, 1.82) is 0 Å². The zero-order valence-electron chi connectivity index (χ0n) is 18.6. The molecule has 1 aromatic carbocycles. The molecule has 0 aromatic heterocycles. The molecule has 2 amide bonds. The molecule has 1 fully saturated rings. The summed E-state index contributed by atoms with van der Waals surface area (Å²) in [5.74, 6) is -0.726. The first-order valence-electron chi connectivity index (χ1n) is 10.3. The number of anilines is 1. The first-order valence-corrected chi connectivity index (χ1v) is 10.3. The van der Waals surface area contributed by atoms with Crippen LogP contribution >= 0.6 is 0 Å². The third kappa shape index (κ3) is 7.27. The van der Waals surface area contributed by atoms with Crippen molar-refractivity contribution in [3.63, 3.8) is 0 Å². The lowest BCUT2D eigenvalue weighted by Gasteiger charge is -2.28. The van der Waals surface area contributed by atoms with Crippen molar-refractivity contribution in [2.75, 3.05) is 38.2 Å². The molecule has 1 saturated heterocycles. The summed E-state index contributed by atoms with van der Waals surface area (Å²) in [7, 11) is 1.30. The predicted molar refractivity (Wildman–Crippen MR) is 116 cm³/mol. The van der Waals surface area contributed by atoms with E-state index in [1.54, 1.807) is 49.9 Å². The summed E-state index contributed by atoms with van der Waals surface area (Å²) in [6, 6.07) is 7.49. The number of hydrogen-bond acceptors (Lipinski definition) is 7.